The van der Waals surface area contributed by atoms with E-state index in [1.165, 1.54) is 5.56 Å². The molecule has 2 aromatic carbocycles. The Balaban J connectivity index is 2.04. The first kappa shape index (κ1) is 22.6. The van der Waals surface area contributed by atoms with Gasteiger partial charge in [0.15, 0.2) is 0 Å². The van der Waals surface area contributed by atoms with E-state index >= 15 is 0 Å². The van der Waals surface area contributed by atoms with E-state index in [4.69, 9.17) is 4.74 Å². The van der Waals surface area contributed by atoms with Crippen molar-refractivity contribution in [1.82, 2.24) is 15.1 Å². The van der Waals surface area contributed by atoms with Crippen LogP contribution in [0.15, 0.2) is 65.9 Å². The van der Waals surface area contributed by atoms with Crippen molar-refractivity contribution in [3.8, 4) is 0 Å². The van der Waals surface area contributed by atoms with Gasteiger partial charge < -0.3 is 10.1 Å². The molecule has 0 aliphatic carbocycles. The van der Waals surface area contributed by atoms with Crippen molar-refractivity contribution >= 4 is 12.0 Å². The lowest BCUT2D eigenvalue weighted by molar-refractivity contribution is -0.139. The molecule has 0 fully saturated rings. The Morgan fingerprint density at radius 2 is 1.84 bits per heavy atom. The molecule has 6 heteroatoms. The third-order valence-corrected chi connectivity index (χ3v) is 5.34. The van der Waals surface area contributed by atoms with Crippen LogP contribution in [-0.4, -0.2) is 48.5 Å². The molecule has 164 valence electrons. The van der Waals surface area contributed by atoms with Gasteiger partial charge in [-0.2, -0.15) is 0 Å². The fourth-order valence-electron chi connectivity index (χ4n) is 3.96. The minimum Gasteiger partial charge on any atom is -0.463 e. The molecule has 2 aromatic rings. The molecular weight excluding hydrogens is 390 g/mol. The number of likely N-dealkylation sites (N-methyl/N-ethyl adjacent to an activating group) is 2. The summed E-state index contributed by atoms with van der Waals surface area (Å²) >= 11 is 0. The Labute approximate surface area is 184 Å². The number of benzene rings is 2. The first-order valence-electron chi connectivity index (χ1n) is 10.7. The summed E-state index contributed by atoms with van der Waals surface area (Å²) in [7, 11) is 1.99. The van der Waals surface area contributed by atoms with Gasteiger partial charge >= 0.3 is 12.0 Å². The van der Waals surface area contributed by atoms with Gasteiger partial charge in [-0.05, 0) is 38.9 Å². The molecule has 3 rings (SSSR count). The predicted octanol–water partition coefficient (Wildman–Crippen LogP) is 4.03. The highest BCUT2D eigenvalue weighted by molar-refractivity contribution is 5.95. The fourth-order valence-corrected chi connectivity index (χ4v) is 3.96. The smallest absolute Gasteiger partial charge is 0.338 e. The molecule has 1 aliphatic rings. The van der Waals surface area contributed by atoms with Crippen LogP contribution < -0.4 is 5.32 Å². The van der Waals surface area contributed by atoms with Crippen LogP contribution in [0.5, 0.6) is 0 Å². The number of nitrogens with zero attached hydrogens (tertiary/aromatic N) is 2. The van der Waals surface area contributed by atoms with Crippen LogP contribution in [0, 0.1) is 6.92 Å². The molecule has 0 aromatic heterocycles. The Morgan fingerprint density at radius 3 is 2.48 bits per heavy atom. The highest BCUT2D eigenvalue weighted by atomic mass is 16.5. The lowest BCUT2D eigenvalue weighted by Crippen LogP contribution is -2.50. The van der Waals surface area contributed by atoms with Crippen LogP contribution in [0.1, 0.15) is 36.6 Å². The maximum atomic E-state index is 13.1. The van der Waals surface area contributed by atoms with Gasteiger partial charge in [0.05, 0.1) is 18.2 Å². The summed E-state index contributed by atoms with van der Waals surface area (Å²) in [6, 6.07) is 17.2. The predicted molar refractivity (Wildman–Crippen MR) is 121 cm³/mol. The number of urea groups is 1. The van der Waals surface area contributed by atoms with Crippen molar-refractivity contribution in [3.05, 3.63) is 82.6 Å². The monoisotopic (exact) mass is 421 g/mol. The molecular formula is C25H31N3O3. The molecule has 0 spiro atoms. The maximum Gasteiger partial charge on any atom is 0.338 e. The number of esters is 1. The van der Waals surface area contributed by atoms with E-state index < -0.39 is 12.0 Å². The van der Waals surface area contributed by atoms with Crippen LogP contribution in [0.2, 0.25) is 0 Å². The second-order valence-electron chi connectivity index (χ2n) is 7.78. The standard InChI is InChI=1S/C25H31N3O3/c1-5-28-21(17-27(4)16-19-12-8-7-9-13-19)22(24(29)31-6-2)23(26-25(28)30)20-14-10-11-18(3)15-20/h7-15,23H,5-6,16-17H2,1-4H3,(H,26,30). The summed E-state index contributed by atoms with van der Waals surface area (Å²) in [6.07, 6.45) is 0. The molecule has 0 bridgehead atoms. The lowest BCUT2D eigenvalue weighted by Gasteiger charge is -2.37. The molecule has 1 unspecified atom stereocenters. The van der Waals surface area contributed by atoms with Crippen LogP contribution in [-0.2, 0) is 16.1 Å². The highest BCUT2D eigenvalue weighted by Gasteiger charge is 2.37. The molecule has 6 nitrogen and oxygen atoms in total. The quantitative estimate of drug-likeness (QED) is 0.654. The van der Waals surface area contributed by atoms with Gasteiger partial charge in [0.25, 0.3) is 0 Å². The second-order valence-corrected chi connectivity index (χ2v) is 7.78. The van der Waals surface area contributed by atoms with Crippen molar-refractivity contribution in [2.75, 3.05) is 26.7 Å². The molecule has 31 heavy (non-hydrogen) atoms. The molecule has 1 heterocycles. The van der Waals surface area contributed by atoms with E-state index in [0.29, 0.717) is 30.9 Å². The molecule has 1 aliphatic heterocycles. The first-order valence-corrected chi connectivity index (χ1v) is 10.7. The van der Waals surface area contributed by atoms with Crippen LogP contribution in [0.4, 0.5) is 4.79 Å². The van der Waals surface area contributed by atoms with Gasteiger partial charge in [-0.15, -0.1) is 0 Å². The molecule has 0 radical (unpaired) electrons. The Kier molecular flexibility index (Phi) is 7.47. The van der Waals surface area contributed by atoms with Gasteiger partial charge in [0.2, 0.25) is 0 Å². The number of hydrogen-bond acceptors (Lipinski definition) is 4. The van der Waals surface area contributed by atoms with E-state index in [1.54, 1.807) is 11.8 Å². The first-order chi connectivity index (χ1) is 14.9. The van der Waals surface area contributed by atoms with Gasteiger partial charge in [0.1, 0.15) is 0 Å². The number of nitrogens with one attached hydrogen (secondary N) is 1. The summed E-state index contributed by atoms with van der Waals surface area (Å²) in [5.41, 5.74) is 4.29. The minimum atomic E-state index is -0.547. The summed E-state index contributed by atoms with van der Waals surface area (Å²) in [5, 5.41) is 3.01. The molecule has 1 atom stereocenters. The zero-order valence-electron chi connectivity index (χ0n) is 18.7. The number of amides is 2. The summed E-state index contributed by atoms with van der Waals surface area (Å²) in [5.74, 6) is -0.393. The normalized spacial score (nSPS) is 16.5. The minimum absolute atomic E-state index is 0.204. The molecule has 2 amide bonds. The van der Waals surface area contributed by atoms with Crippen LogP contribution in [0.25, 0.3) is 0 Å². The van der Waals surface area contributed by atoms with E-state index in [2.05, 4.69) is 22.3 Å². The summed E-state index contributed by atoms with van der Waals surface area (Å²) in [4.78, 5) is 29.8. The van der Waals surface area contributed by atoms with Gasteiger partial charge in [-0.25, -0.2) is 9.59 Å². The van der Waals surface area contributed by atoms with Crippen molar-refractivity contribution in [2.24, 2.45) is 0 Å². The Morgan fingerprint density at radius 1 is 1.10 bits per heavy atom. The molecule has 0 saturated heterocycles. The lowest BCUT2D eigenvalue weighted by atomic mass is 9.93. The Bertz CT molecular complexity index is 955. The highest BCUT2D eigenvalue weighted by Crippen LogP contribution is 2.32. The number of aryl methyl sites for hydroxylation is 1. The van der Waals surface area contributed by atoms with Crippen molar-refractivity contribution < 1.29 is 14.3 Å². The van der Waals surface area contributed by atoms with Gasteiger partial charge in [0, 0.05) is 25.3 Å². The SMILES string of the molecule is CCOC(=O)C1=C(CN(C)Cc2ccccc2)N(CC)C(=O)NC1c1cccc(C)c1. The van der Waals surface area contributed by atoms with Gasteiger partial charge in [-0.3, -0.25) is 9.80 Å². The maximum absolute atomic E-state index is 13.1. The van der Waals surface area contributed by atoms with E-state index in [0.717, 1.165) is 11.1 Å². The second kappa shape index (κ2) is 10.3. The van der Waals surface area contributed by atoms with E-state index in [9.17, 15) is 9.59 Å². The zero-order chi connectivity index (χ0) is 22.4. The number of carbonyl (C=O) groups excluding carboxylic acids is 2. The number of ether oxygens (including phenoxy) is 1. The van der Waals surface area contributed by atoms with Crippen LogP contribution in [0.3, 0.4) is 0 Å². The van der Waals surface area contributed by atoms with Crippen molar-refractivity contribution in [3.63, 3.8) is 0 Å². The zero-order valence-corrected chi connectivity index (χ0v) is 18.7. The molecule has 1 N–H and O–H groups in total. The fraction of sp³-hybridized carbons (Fsp3) is 0.360. The third-order valence-electron chi connectivity index (χ3n) is 5.34. The number of rotatable bonds is 8. The van der Waals surface area contributed by atoms with E-state index in [1.807, 2.05) is 63.4 Å². The topological polar surface area (TPSA) is 61.9 Å². The number of hydrogen-bond donors (Lipinski definition) is 1. The largest absolute Gasteiger partial charge is 0.463 e. The molecule has 0 saturated carbocycles. The summed E-state index contributed by atoms with van der Waals surface area (Å²) in [6.45, 7) is 7.59. The number of carbonyl (C=O) groups is 2. The average Bonchev–Trinajstić information content (AvgIpc) is 2.74. The van der Waals surface area contributed by atoms with Gasteiger partial charge in [-0.1, -0.05) is 60.2 Å². The van der Waals surface area contributed by atoms with E-state index in [-0.39, 0.29) is 12.6 Å². The van der Waals surface area contributed by atoms with Crippen LogP contribution >= 0.6 is 0 Å². The summed E-state index contributed by atoms with van der Waals surface area (Å²) < 4.78 is 5.43. The van der Waals surface area contributed by atoms with Crippen molar-refractivity contribution in [1.29, 1.82) is 0 Å². The third kappa shape index (κ3) is 5.33. The Hall–Kier alpha value is -3.12. The van der Waals surface area contributed by atoms with Crippen molar-refractivity contribution in [2.45, 2.75) is 33.4 Å². The average molecular weight is 422 g/mol.